The van der Waals surface area contributed by atoms with Crippen LogP contribution in [0, 0.1) is 0 Å². The van der Waals surface area contributed by atoms with Gasteiger partial charge in [-0.3, -0.25) is 4.79 Å². The molecule has 0 atom stereocenters. The topological polar surface area (TPSA) is 69.7 Å². The second kappa shape index (κ2) is 9.06. The summed E-state index contributed by atoms with van der Waals surface area (Å²) in [6.45, 7) is 0. The van der Waals surface area contributed by atoms with Crippen LogP contribution in [0.3, 0.4) is 0 Å². The van der Waals surface area contributed by atoms with E-state index < -0.39 is 0 Å². The molecule has 0 spiro atoms. The van der Waals surface area contributed by atoms with Crippen LogP contribution in [-0.2, 0) is 6.42 Å². The molecule has 31 heavy (non-hydrogen) atoms. The largest absolute Gasteiger partial charge is 0.496 e. The molecule has 4 rings (SSSR count). The first-order chi connectivity index (χ1) is 15.1. The third kappa shape index (κ3) is 4.46. The number of para-hydroxylation sites is 1. The normalized spacial score (nSPS) is 10.7. The van der Waals surface area contributed by atoms with Crippen molar-refractivity contribution in [2.24, 2.45) is 0 Å². The summed E-state index contributed by atoms with van der Waals surface area (Å²) in [5.74, 6) is 1.06. The van der Waals surface area contributed by atoms with Crippen LogP contribution in [-0.4, -0.2) is 32.2 Å². The van der Waals surface area contributed by atoms with Gasteiger partial charge in [-0.05, 0) is 29.8 Å². The minimum absolute atomic E-state index is 0.295. The summed E-state index contributed by atoms with van der Waals surface area (Å²) in [5.41, 5.74) is 3.20. The molecule has 0 unspecified atom stereocenters. The third-order valence-corrected chi connectivity index (χ3v) is 5.89. The fraction of sp³-hybridized carbons (Fsp3) is 0.167. The standard InChI is InChI=1S/C24H22N2O4S/c1-28-19-14-21(30-3)20(29-2)13-17(19)24(27)25-16-10-8-15(9-11-16)12-23-26-18-6-4-5-7-22(18)31-23/h4-11,13-14H,12H2,1-3H3,(H,25,27). The van der Waals surface area contributed by atoms with Crippen LogP contribution in [0.25, 0.3) is 10.2 Å². The van der Waals surface area contributed by atoms with Gasteiger partial charge in [-0.15, -0.1) is 11.3 Å². The minimum Gasteiger partial charge on any atom is -0.496 e. The quantitative estimate of drug-likeness (QED) is 0.435. The van der Waals surface area contributed by atoms with Crippen molar-refractivity contribution in [3.8, 4) is 17.2 Å². The lowest BCUT2D eigenvalue weighted by Crippen LogP contribution is -2.13. The van der Waals surface area contributed by atoms with Crippen molar-refractivity contribution in [3.63, 3.8) is 0 Å². The van der Waals surface area contributed by atoms with Gasteiger partial charge in [0.05, 0.1) is 42.1 Å². The van der Waals surface area contributed by atoms with Crippen LogP contribution in [0.5, 0.6) is 17.2 Å². The highest BCUT2D eigenvalue weighted by atomic mass is 32.1. The number of hydrogen-bond donors (Lipinski definition) is 1. The van der Waals surface area contributed by atoms with E-state index in [1.54, 1.807) is 23.5 Å². The molecule has 0 aliphatic carbocycles. The highest BCUT2D eigenvalue weighted by Gasteiger charge is 2.18. The molecular formula is C24H22N2O4S. The molecule has 7 heteroatoms. The number of hydrogen-bond acceptors (Lipinski definition) is 6. The first-order valence-electron chi connectivity index (χ1n) is 9.66. The number of anilines is 1. The SMILES string of the molecule is COc1cc(OC)c(C(=O)Nc2ccc(Cc3nc4ccccc4s3)cc2)cc1OC. The lowest BCUT2D eigenvalue weighted by Gasteiger charge is -2.14. The summed E-state index contributed by atoms with van der Waals surface area (Å²) < 4.78 is 17.1. The van der Waals surface area contributed by atoms with Crippen LogP contribution in [0.4, 0.5) is 5.69 Å². The zero-order chi connectivity index (χ0) is 21.8. The van der Waals surface area contributed by atoms with Crippen molar-refractivity contribution in [1.29, 1.82) is 0 Å². The summed E-state index contributed by atoms with van der Waals surface area (Å²) >= 11 is 1.70. The number of nitrogens with zero attached hydrogens (tertiary/aromatic N) is 1. The molecule has 4 aromatic rings. The van der Waals surface area contributed by atoms with Crippen LogP contribution < -0.4 is 19.5 Å². The molecule has 0 aliphatic rings. The zero-order valence-electron chi connectivity index (χ0n) is 17.5. The fourth-order valence-electron chi connectivity index (χ4n) is 3.28. The molecule has 1 N–H and O–H groups in total. The Bertz CT molecular complexity index is 1190. The molecule has 3 aromatic carbocycles. The van der Waals surface area contributed by atoms with Gasteiger partial charge in [-0.25, -0.2) is 4.98 Å². The van der Waals surface area contributed by atoms with Crippen molar-refractivity contribution in [1.82, 2.24) is 4.98 Å². The van der Waals surface area contributed by atoms with E-state index in [2.05, 4.69) is 16.4 Å². The molecule has 158 valence electrons. The molecule has 0 saturated carbocycles. The Hall–Kier alpha value is -3.58. The average molecular weight is 435 g/mol. The van der Waals surface area contributed by atoms with E-state index in [9.17, 15) is 4.79 Å². The van der Waals surface area contributed by atoms with Gasteiger partial charge in [-0.2, -0.15) is 0 Å². The predicted octanol–water partition coefficient (Wildman–Crippen LogP) is 5.17. The number of ether oxygens (including phenoxy) is 3. The van der Waals surface area contributed by atoms with Crippen molar-refractivity contribution in [2.45, 2.75) is 6.42 Å². The van der Waals surface area contributed by atoms with Gasteiger partial charge in [0.1, 0.15) is 5.75 Å². The number of thiazole rings is 1. The van der Waals surface area contributed by atoms with Crippen molar-refractivity contribution < 1.29 is 19.0 Å². The predicted molar refractivity (Wildman–Crippen MR) is 123 cm³/mol. The molecule has 0 bridgehead atoms. The second-order valence-corrected chi connectivity index (χ2v) is 7.93. The molecule has 1 heterocycles. The first-order valence-corrected chi connectivity index (χ1v) is 10.5. The summed E-state index contributed by atoms with van der Waals surface area (Å²) in [7, 11) is 4.57. The number of amides is 1. The Balaban J connectivity index is 1.49. The molecule has 1 aromatic heterocycles. The molecule has 0 aliphatic heterocycles. The van der Waals surface area contributed by atoms with Gasteiger partial charge in [0.25, 0.3) is 5.91 Å². The van der Waals surface area contributed by atoms with Crippen LogP contribution >= 0.6 is 11.3 Å². The highest BCUT2D eigenvalue weighted by molar-refractivity contribution is 7.18. The summed E-state index contributed by atoms with van der Waals surface area (Å²) in [5, 5.41) is 3.97. The molecular weight excluding hydrogens is 412 g/mol. The molecule has 0 radical (unpaired) electrons. The Morgan fingerprint density at radius 1 is 0.903 bits per heavy atom. The minimum atomic E-state index is -0.295. The first kappa shape index (κ1) is 20.7. The molecule has 0 saturated heterocycles. The molecule has 6 nitrogen and oxygen atoms in total. The number of carbonyl (C=O) groups excluding carboxylic acids is 1. The third-order valence-electron chi connectivity index (χ3n) is 4.86. The van der Waals surface area contributed by atoms with Crippen LogP contribution in [0.2, 0.25) is 0 Å². The van der Waals surface area contributed by atoms with Crippen LogP contribution in [0.1, 0.15) is 20.9 Å². The summed E-state index contributed by atoms with van der Waals surface area (Å²) in [6.07, 6.45) is 0.747. The van der Waals surface area contributed by atoms with E-state index in [1.807, 2.05) is 42.5 Å². The number of benzene rings is 3. The number of fused-ring (bicyclic) bond motifs is 1. The van der Waals surface area contributed by atoms with E-state index >= 15 is 0 Å². The number of rotatable bonds is 7. The van der Waals surface area contributed by atoms with Gasteiger partial charge in [-0.1, -0.05) is 24.3 Å². The van der Waals surface area contributed by atoms with Crippen molar-refractivity contribution in [2.75, 3.05) is 26.6 Å². The molecule has 1 amide bonds. The smallest absolute Gasteiger partial charge is 0.259 e. The van der Waals surface area contributed by atoms with Gasteiger partial charge in [0, 0.05) is 24.2 Å². The monoisotopic (exact) mass is 434 g/mol. The highest BCUT2D eigenvalue weighted by Crippen LogP contribution is 2.35. The van der Waals surface area contributed by atoms with E-state index in [0.717, 1.165) is 22.5 Å². The van der Waals surface area contributed by atoms with Gasteiger partial charge < -0.3 is 19.5 Å². The maximum Gasteiger partial charge on any atom is 0.259 e. The van der Waals surface area contributed by atoms with E-state index in [1.165, 1.54) is 26.0 Å². The van der Waals surface area contributed by atoms with Crippen LogP contribution in [0.15, 0.2) is 60.7 Å². The summed E-state index contributed by atoms with van der Waals surface area (Å²) in [4.78, 5) is 17.5. The number of carbonyl (C=O) groups is 1. The van der Waals surface area contributed by atoms with E-state index in [4.69, 9.17) is 14.2 Å². The van der Waals surface area contributed by atoms with Crippen molar-refractivity contribution in [3.05, 3.63) is 76.8 Å². The Morgan fingerprint density at radius 2 is 1.58 bits per heavy atom. The van der Waals surface area contributed by atoms with Gasteiger partial charge in [0.15, 0.2) is 11.5 Å². The Labute approximate surface area is 184 Å². The lowest BCUT2D eigenvalue weighted by atomic mass is 10.1. The maximum absolute atomic E-state index is 12.8. The Kier molecular flexibility index (Phi) is 6.04. The fourth-order valence-corrected chi connectivity index (χ4v) is 4.28. The number of aromatic nitrogens is 1. The number of methoxy groups -OCH3 is 3. The Morgan fingerprint density at radius 3 is 2.26 bits per heavy atom. The van der Waals surface area contributed by atoms with Gasteiger partial charge in [0.2, 0.25) is 0 Å². The van der Waals surface area contributed by atoms with E-state index in [0.29, 0.717) is 28.5 Å². The average Bonchev–Trinajstić information content (AvgIpc) is 3.21. The number of nitrogens with one attached hydrogen (secondary N) is 1. The molecule has 0 fully saturated rings. The summed E-state index contributed by atoms with van der Waals surface area (Å²) in [6, 6.07) is 19.1. The second-order valence-electron chi connectivity index (χ2n) is 6.81. The van der Waals surface area contributed by atoms with Gasteiger partial charge >= 0.3 is 0 Å². The lowest BCUT2D eigenvalue weighted by molar-refractivity contribution is 0.102. The zero-order valence-corrected chi connectivity index (χ0v) is 18.3. The van der Waals surface area contributed by atoms with E-state index in [-0.39, 0.29) is 5.91 Å². The maximum atomic E-state index is 12.8. The van der Waals surface area contributed by atoms with Crippen molar-refractivity contribution >= 4 is 33.1 Å².